The molecule has 5 rings (SSSR count). The van der Waals surface area contributed by atoms with Crippen LogP contribution >= 0.6 is 0 Å². The molecule has 3 heterocycles. The van der Waals surface area contributed by atoms with Crippen LogP contribution in [0.2, 0.25) is 0 Å². The predicted octanol–water partition coefficient (Wildman–Crippen LogP) is 2.82. The monoisotopic (exact) mass is 252 g/mol. The summed E-state index contributed by atoms with van der Waals surface area (Å²) in [5.74, 6) is 0.391. The van der Waals surface area contributed by atoms with E-state index >= 15 is 0 Å². The van der Waals surface area contributed by atoms with Gasteiger partial charge in [-0.05, 0) is 12.5 Å². The zero-order chi connectivity index (χ0) is 12.8. The van der Waals surface area contributed by atoms with Gasteiger partial charge in [0.25, 0.3) is 0 Å². The van der Waals surface area contributed by atoms with E-state index < -0.39 is 0 Å². The van der Waals surface area contributed by atoms with Crippen molar-refractivity contribution in [3.05, 3.63) is 65.5 Å². The van der Waals surface area contributed by atoms with Crippen LogP contribution in [0.25, 0.3) is 0 Å². The Morgan fingerprint density at radius 3 is 2.74 bits per heavy atom. The van der Waals surface area contributed by atoms with Crippen LogP contribution in [0.5, 0.6) is 0 Å². The molecule has 0 amide bonds. The van der Waals surface area contributed by atoms with Gasteiger partial charge in [0.2, 0.25) is 0 Å². The molecule has 0 fully saturated rings. The minimum atomic E-state index is 0.326. The Balaban J connectivity index is 1.93. The van der Waals surface area contributed by atoms with Crippen LogP contribution in [0.1, 0.15) is 42.1 Å². The fourth-order valence-corrected chi connectivity index (χ4v) is 3.79. The maximum atomic E-state index is 6.02. The number of hydrogen-bond acceptors (Lipinski definition) is 1. The molecule has 3 atom stereocenters. The third-order valence-electron chi connectivity index (χ3n) is 4.48. The molecule has 2 aromatic rings. The number of benzene rings is 1. The molecular weight excluding hydrogens is 234 g/mol. The van der Waals surface area contributed by atoms with Gasteiger partial charge in [-0.1, -0.05) is 30.3 Å². The van der Waals surface area contributed by atoms with E-state index in [1.54, 1.807) is 0 Å². The quantitative estimate of drug-likeness (QED) is 0.749. The summed E-state index contributed by atoms with van der Waals surface area (Å²) in [6.45, 7) is 2.89. The van der Waals surface area contributed by atoms with E-state index in [-0.39, 0.29) is 0 Å². The summed E-state index contributed by atoms with van der Waals surface area (Å²) >= 11 is 0. The minimum Gasteiger partial charge on any atom is -0.377 e. The maximum Gasteiger partial charge on any atom is 0.192 e. The molecule has 2 bridgehead atoms. The molecule has 0 saturated carbocycles. The Morgan fingerprint density at radius 1 is 1.11 bits per heavy atom. The first kappa shape index (κ1) is 11.2. The molecule has 2 aliphatic heterocycles. The summed E-state index contributed by atoms with van der Waals surface area (Å²) < 4.78 is 8.45. The van der Waals surface area contributed by atoms with Gasteiger partial charge in [0.1, 0.15) is 0 Å². The summed E-state index contributed by atoms with van der Waals surface area (Å²) in [6.07, 6.45) is 3.63. The Morgan fingerprint density at radius 2 is 1.89 bits per heavy atom. The van der Waals surface area contributed by atoms with Gasteiger partial charge in [0, 0.05) is 30.7 Å². The lowest BCUT2D eigenvalue weighted by Gasteiger charge is -2.39. The van der Waals surface area contributed by atoms with Crippen molar-refractivity contribution in [1.29, 1.82) is 0 Å². The summed E-state index contributed by atoms with van der Waals surface area (Å²) in [7, 11) is 0. The maximum absolute atomic E-state index is 6.02. The van der Waals surface area contributed by atoms with Crippen LogP contribution in [-0.4, -0.2) is 12.7 Å². The highest BCUT2D eigenvalue weighted by molar-refractivity contribution is 5.42. The molecule has 1 aromatic carbocycles. The first-order valence-corrected chi connectivity index (χ1v) is 7.10. The average molecular weight is 252 g/mol. The van der Waals surface area contributed by atoms with E-state index in [1.165, 1.54) is 16.8 Å². The van der Waals surface area contributed by atoms with Gasteiger partial charge < -0.3 is 4.74 Å². The van der Waals surface area contributed by atoms with Crippen molar-refractivity contribution in [1.82, 2.24) is 0 Å². The highest BCUT2D eigenvalue weighted by atomic mass is 16.5. The van der Waals surface area contributed by atoms with E-state index in [2.05, 4.69) is 60.2 Å². The molecule has 2 heteroatoms. The fourth-order valence-electron chi connectivity index (χ4n) is 3.79. The largest absolute Gasteiger partial charge is 0.377 e. The number of pyridine rings is 1. The van der Waals surface area contributed by atoms with Crippen LogP contribution in [0, 0.1) is 0 Å². The van der Waals surface area contributed by atoms with E-state index in [1.807, 2.05) is 0 Å². The van der Waals surface area contributed by atoms with E-state index in [0.29, 0.717) is 18.1 Å². The normalized spacial score (nSPS) is 26.9. The van der Waals surface area contributed by atoms with Crippen LogP contribution in [0.3, 0.4) is 0 Å². The van der Waals surface area contributed by atoms with Crippen molar-refractivity contribution in [3.8, 4) is 0 Å². The summed E-state index contributed by atoms with van der Waals surface area (Å²) in [4.78, 5) is 0. The lowest BCUT2D eigenvalue weighted by Crippen LogP contribution is -2.56. The van der Waals surface area contributed by atoms with Gasteiger partial charge in [-0.3, -0.25) is 0 Å². The minimum absolute atomic E-state index is 0.326. The second-order valence-electron chi connectivity index (χ2n) is 5.38. The van der Waals surface area contributed by atoms with Crippen LogP contribution in [-0.2, 0) is 4.74 Å². The SMILES string of the molecule is CCO[C@H]1C[C@@H]2c3ccccc3[C@@H]1c1cccc[n+]12. The number of hydrogen-bond donors (Lipinski definition) is 0. The van der Waals surface area contributed by atoms with Crippen molar-refractivity contribution in [2.45, 2.75) is 31.4 Å². The zero-order valence-corrected chi connectivity index (χ0v) is 11.1. The van der Waals surface area contributed by atoms with E-state index in [4.69, 9.17) is 4.74 Å². The van der Waals surface area contributed by atoms with Gasteiger partial charge in [-0.15, -0.1) is 0 Å². The molecule has 1 aromatic heterocycles. The molecule has 0 N–H and O–H groups in total. The topological polar surface area (TPSA) is 13.1 Å². The van der Waals surface area contributed by atoms with Gasteiger partial charge in [-0.2, -0.15) is 4.57 Å². The molecule has 0 unspecified atom stereocenters. The van der Waals surface area contributed by atoms with Crippen molar-refractivity contribution in [3.63, 3.8) is 0 Å². The summed E-state index contributed by atoms with van der Waals surface area (Å²) in [5, 5.41) is 0. The number of nitrogens with zero attached hydrogens (tertiary/aromatic N) is 1. The third-order valence-corrected chi connectivity index (χ3v) is 4.48. The van der Waals surface area contributed by atoms with Crippen molar-refractivity contribution in [2.75, 3.05) is 6.61 Å². The Labute approximate surface area is 113 Å². The van der Waals surface area contributed by atoms with Crippen molar-refractivity contribution in [2.24, 2.45) is 0 Å². The van der Waals surface area contributed by atoms with Gasteiger partial charge in [0.05, 0.1) is 12.0 Å². The molecule has 96 valence electrons. The standard InChI is InChI=1S/C17H18NO/c1-2-19-16-11-15-12-7-3-4-8-13(12)17(16)14-9-5-6-10-18(14)15/h3-10,15-17H,2,11H2,1H3/q+1/t15-,16+,17-/m1/s1. The average Bonchev–Trinajstić information content (AvgIpc) is 2.48. The molecule has 1 aliphatic carbocycles. The highest BCUT2D eigenvalue weighted by Crippen LogP contribution is 2.45. The van der Waals surface area contributed by atoms with Gasteiger partial charge in [0.15, 0.2) is 17.9 Å². The number of rotatable bonds is 2. The predicted molar refractivity (Wildman–Crippen MR) is 73.1 cm³/mol. The molecule has 0 saturated heterocycles. The zero-order valence-electron chi connectivity index (χ0n) is 11.1. The number of aromatic nitrogens is 1. The lowest BCUT2D eigenvalue weighted by atomic mass is 9.72. The molecule has 19 heavy (non-hydrogen) atoms. The van der Waals surface area contributed by atoms with E-state index in [9.17, 15) is 0 Å². The molecule has 0 spiro atoms. The van der Waals surface area contributed by atoms with Crippen molar-refractivity contribution >= 4 is 0 Å². The Bertz CT molecular complexity index is 575. The van der Waals surface area contributed by atoms with Crippen LogP contribution in [0.15, 0.2) is 48.7 Å². The second kappa shape index (κ2) is 4.17. The highest BCUT2D eigenvalue weighted by Gasteiger charge is 2.49. The summed E-state index contributed by atoms with van der Waals surface area (Å²) in [5.41, 5.74) is 4.34. The Hall–Kier alpha value is -1.67. The Kier molecular flexibility index (Phi) is 2.46. The first-order chi connectivity index (χ1) is 9.40. The molecule has 3 aliphatic rings. The van der Waals surface area contributed by atoms with E-state index in [0.717, 1.165) is 13.0 Å². The molecule has 0 radical (unpaired) electrons. The summed E-state index contributed by atoms with van der Waals surface area (Å²) in [6, 6.07) is 15.8. The lowest BCUT2D eigenvalue weighted by molar-refractivity contribution is -0.732. The number of ether oxygens (including phenoxy) is 1. The van der Waals surface area contributed by atoms with Crippen LogP contribution < -0.4 is 4.57 Å². The van der Waals surface area contributed by atoms with Gasteiger partial charge >= 0.3 is 0 Å². The smallest absolute Gasteiger partial charge is 0.192 e. The van der Waals surface area contributed by atoms with Gasteiger partial charge in [-0.25, -0.2) is 0 Å². The molecular formula is C17H18NO+. The first-order valence-electron chi connectivity index (χ1n) is 7.10. The fraction of sp³-hybridized carbons (Fsp3) is 0.353. The number of fused-ring (bicyclic) bond motifs is 1. The third kappa shape index (κ3) is 1.50. The van der Waals surface area contributed by atoms with Crippen LogP contribution in [0.4, 0.5) is 0 Å². The molecule has 2 nitrogen and oxygen atoms in total. The second-order valence-corrected chi connectivity index (χ2v) is 5.38. The van der Waals surface area contributed by atoms with Crippen molar-refractivity contribution < 1.29 is 9.30 Å².